The molecule has 132 valence electrons. The molecule has 25 heavy (non-hydrogen) atoms. The number of amides is 1. The summed E-state index contributed by atoms with van der Waals surface area (Å²) in [5, 5.41) is 0. The van der Waals surface area contributed by atoms with E-state index in [1.807, 2.05) is 53.4 Å². The highest BCUT2D eigenvalue weighted by Gasteiger charge is 2.35. The summed E-state index contributed by atoms with van der Waals surface area (Å²) in [6.45, 7) is 4.68. The molecule has 0 bridgehead atoms. The van der Waals surface area contributed by atoms with E-state index >= 15 is 0 Å². The van der Waals surface area contributed by atoms with Gasteiger partial charge in [0.2, 0.25) is 5.91 Å². The molecule has 1 atom stereocenters. The predicted molar refractivity (Wildman–Crippen MR) is 99.8 cm³/mol. The van der Waals surface area contributed by atoms with Gasteiger partial charge in [-0.25, -0.2) is 0 Å². The number of hydrogen-bond acceptors (Lipinski definition) is 4. The normalized spacial score (nSPS) is 17.1. The van der Waals surface area contributed by atoms with Crippen molar-refractivity contribution in [2.24, 2.45) is 5.73 Å². The molecular formula is C20H25N3O2. The molecule has 0 radical (unpaired) electrons. The summed E-state index contributed by atoms with van der Waals surface area (Å²) in [6, 6.07) is 17.6. The third kappa shape index (κ3) is 3.61. The molecule has 0 aromatic heterocycles. The predicted octanol–water partition coefficient (Wildman–Crippen LogP) is 2.22. The van der Waals surface area contributed by atoms with Crippen LogP contribution in [-0.2, 0) is 10.3 Å². The van der Waals surface area contributed by atoms with Crippen LogP contribution in [0.4, 0.5) is 5.69 Å². The molecule has 5 heteroatoms. The lowest BCUT2D eigenvalue weighted by Crippen LogP contribution is -2.56. The highest BCUT2D eigenvalue weighted by molar-refractivity contribution is 5.87. The summed E-state index contributed by atoms with van der Waals surface area (Å²) < 4.78 is 5.29. The summed E-state index contributed by atoms with van der Waals surface area (Å²) in [6.07, 6.45) is 0. The quantitative estimate of drug-likeness (QED) is 0.928. The minimum atomic E-state index is -1.00. The largest absolute Gasteiger partial charge is 0.497 e. The maximum atomic E-state index is 12.9. The van der Waals surface area contributed by atoms with E-state index in [1.54, 1.807) is 14.0 Å². The average molecular weight is 339 g/mol. The number of nitrogens with zero attached hydrogens (tertiary/aromatic N) is 2. The highest BCUT2D eigenvalue weighted by atomic mass is 16.5. The van der Waals surface area contributed by atoms with Crippen LogP contribution in [0.3, 0.4) is 0 Å². The molecule has 0 spiro atoms. The number of benzene rings is 2. The first-order valence-electron chi connectivity index (χ1n) is 8.55. The molecule has 3 rings (SSSR count). The van der Waals surface area contributed by atoms with Gasteiger partial charge in [-0.15, -0.1) is 0 Å². The van der Waals surface area contributed by atoms with E-state index in [0.29, 0.717) is 13.1 Å². The lowest BCUT2D eigenvalue weighted by atomic mass is 9.91. The zero-order valence-corrected chi connectivity index (χ0v) is 14.8. The van der Waals surface area contributed by atoms with Crippen molar-refractivity contribution >= 4 is 11.6 Å². The molecule has 1 heterocycles. The number of methoxy groups -OCH3 is 1. The van der Waals surface area contributed by atoms with Crippen LogP contribution >= 0.6 is 0 Å². The Bertz CT molecular complexity index is 723. The summed E-state index contributed by atoms with van der Waals surface area (Å²) in [4.78, 5) is 17.1. The van der Waals surface area contributed by atoms with Crippen LogP contribution in [0.15, 0.2) is 54.6 Å². The van der Waals surface area contributed by atoms with E-state index < -0.39 is 5.54 Å². The first kappa shape index (κ1) is 17.3. The molecule has 0 aliphatic carbocycles. The van der Waals surface area contributed by atoms with E-state index in [1.165, 1.54) is 0 Å². The maximum absolute atomic E-state index is 12.9. The Morgan fingerprint density at radius 3 is 2.36 bits per heavy atom. The van der Waals surface area contributed by atoms with Crippen LogP contribution in [0.1, 0.15) is 12.5 Å². The Labute approximate surface area is 149 Å². The first-order chi connectivity index (χ1) is 12.0. The second-order valence-electron chi connectivity index (χ2n) is 6.55. The molecule has 1 saturated heterocycles. The number of carbonyl (C=O) groups is 1. The van der Waals surface area contributed by atoms with E-state index in [9.17, 15) is 4.79 Å². The van der Waals surface area contributed by atoms with Crippen LogP contribution in [0, 0.1) is 0 Å². The van der Waals surface area contributed by atoms with Gasteiger partial charge >= 0.3 is 0 Å². The molecular weight excluding hydrogens is 314 g/mol. The van der Waals surface area contributed by atoms with Crippen LogP contribution < -0.4 is 15.4 Å². The van der Waals surface area contributed by atoms with Crippen molar-refractivity contribution in [3.8, 4) is 5.75 Å². The van der Waals surface area contributed by atoms with Gasteiger partial charge in [0, 0.05) is 37.9 Å². The molecule has 1 unspecified atom stereocenters. The molecule has 2 aromatic rings. The third-order valence-electron chi connectivity index (χ3n) is 4.80. The SMILES string of the molecule is COc1cccc(N2CCN(C(=O)C(C)(N)c3ccccc3)CC2)c1. The third-order valence-corrected chi connectivity index (χ3v) is 4.80. The van der Waals surface area contributed by atoms with E-state index in [-0.39, 0.29) is 5.91 Å². The number of nitrogens with two attached hydrogens (primary N) is 1. The number of piperazine rings is 1. The van der Waals surface area contributed by atoms with Gasteiger partial charge in [-0.1, -0.05) is 36.4 Å². The van der Waals surface area contributed by atoms with Gasteiger partial charge in [0.15, 0.2) is 0 Å². The number of rotatable bonds is 4. The standard InChI is InChI=1S/C20H25N3O2/c1-20(21,16-7-4-3-5-8-16)19(24)23-13-11-22(12-14-23)17-9-6-10-18(15-17)25-2/h3-10,15H,11-14,21H2,1-2H3. The average Bonchev–Trinajstić information content (AvgIpc) is 2.68. The second-order valence-corrected chi connectivity index (χ2v) is 6.55. The van der Waals surface area contributed by atoms with Gasteiger partial charge in [0.1, 0.15) is 11.3 Å². The molecule has 5 nitrogen and oxygen atoms in total. The Morgan fingerprint density at radius 2 is 1.72 bits per heavy atom. The molecule has 2 N–H and O–H groups in total. The van der Waals surface area contributed by atoms with Gasteiger partial charge in [0.25, 0.3) is 0 Å². The van der Waals surface area contributed by atoms with Crippen molar-refractivity contribution in [2.75, 3.05) is 38.2 Å². The fourth-order valence-corrected chi connectivity index (χ4v) is 3.21. The minimum absolute atomic E-state index is 0.0241. The smallest absolute Gasteiger partial charge is 0.247 e. The van der Waals surface area contributed by atoms with Crippen molar-refractivity contribution in [2.45, 2.75) is 12.5 Å². The van der Waals surface area contributed by atoms with Crippen molar-refractivity contribution in [1.29, 1.82) is 0 Å². The number of carbonyl (C=O) groups excluding carboxylic acids is 1. The van der Waals surface area contributed by atoms with Gasteiger partial charge in [-0.05, 0) is 24.6 Å². The molecule has 1 amide bonds. The topological polar surface area (TPSA) is 58.8 Å². The van der Waals surface area contributed by atoms with Crippen LogP contribution in [0.5, 0.6) is 5.75 Å². The van der Waals surface area contributed by atoms with Crippen molar-refractivity contribution in [3.63, 3.8) is 0 Å². The highest BCUT2D eigenvalue weighted by Crippen LogP contribution is 2.24. The lowest BCUT2D eigenvalue weighted by Gasteiger charge is -2.39. The Hall–Kier alpha value is -2.53. The molecule has 1 fully saturated rings. The molecule has 1 aliphatic heterocycles. The number of ether oxygens (including phenoxy) is 1. The Kier molecular flexibility index (Phi) is 4.95. The van der Waals surface area contributed by atoms with Crippen LogP contribution in [0.2, 0.25) is 0 Å². The van der Waals surface area contributed by atoms with Crippen molar-refractivity contribution in [1.82, 2.24) is 4.90 Å². The second kappa shape index (κ2) is 7.15. The minimum Gasteiger partial charge on any atom is -0.497 e. The fraction of sp³-hybridized carbons (Fsp3) is 0.350. The Morgan fingerprint density at radius 1 is 1.04 bits per heavy atom. The summed E-state index contributed by atoms with van der Waals surface area (Å²) in [7, 11) is 1.67. The summed E-state index contributed by atoms with van der Waals surface area (Å²) in [5.74, 6) is 0.818. The van der Waals surface area contributed by atoms with Gasteiger partial charge < -0.3 is 20.3 Å². The summed E-state index contributed by atoms with van der Waals surface area (Å²) >= 11 is 0. The number of hydrogen-bond donors (Lipinski definition) is 1. The zero-order chi connectivity index (χ0) is 17.9. The number of anilines is 1. The van der Waals surface area contributed by atoms with Gasteiger partial charge in [0.05, 0.1) is 7.11 Å². The van der Waals surface area contributed by atoms with Gasteiger partial charge in [-0.2, -0.15) is 0 Å². The van der Waals surface area contributed by atoms with Crippen molar-refractivity contribution in [3.05, 3.63) is 60.2 Å². The van der Waals surface area contributed by atoms with Crippen LogP contribution in [-0.4, -0.2) is 44.1 Å². The monoisotopic (exact) mass is 339 g/mol. The summed E-state index contributed by atoms with van der Waals surface area (Å²) in [5.41, 5.74) is 7.33. The van der Waals surface area contributed by atoms with Gasteiger partial charge in [-0.3, -0.25) is 4.79 Å². The first-order valence-corrected chi connectivity index (χ1v) is 8.55. The maximum Gasteiger partial charge on any atom is 0.247 e. The molecule has 1 aliphatic rings. The lowest BCUT2D eigenvalue weighted by molar-refractivity contribution is -0.137. The molecule has 2 aromatic carbocycles. The van der Waals surface area contributed by atoms with Crippen molar-refractivity contribution < 1.29 is 9.53 Å². The van der Waals surface area contributed by atoms with Crippen LogP contribution in [0.25, 0.3) is 0 Å². The fourth-order valence-electron chi connectivity index (χ4n) is 3.21. The Balaban J connectivity index is 1.66. The van der Waals surface area contributed by atoms with E-state index in [4.69, 9.17) is 10.5 Å². The van der Waals surface area contributed by atoms with E-state index in [2.05, 4.69) is 11.0 Å². The van der Waals surface area contributed by atoms with E-state index in [0.717, 1.165) is 30.1 Å². The molecule has 0 saturated carbocycles. The zero-order valence-electron chi connectivity index (χ0n) is 14.8.